The zero-order valence-corrected chi connectivity index (χ0v) is 14.4. The lowest BCUT2D eigenvalue weighted by Crippen LogP contribution is -2.47. The number of non-ortho nitro benzene ring substituents is 1. The predicted octanol–water partition coefficient (Wildman–Crippen LogP) is 1.45. The second kappa shape index (κ2) is 7.92. The van der Waals surface area contributed by atoms with Crippen molar-refractivity contribution in [1.82, 2.24) is 9.88 Å². The normalized spacial score (nSPS) is 15.0. The zero-order valence-electron chi connectivity index (χ0n) is 14.4. The van der Waals surface area contributed by atoms with E-state index in [9.17, 15) is 14.9 Å². The Balaban J connectivity index is 1.55. The van der Waals surface area contributed by atoms with E-state index < -0.39 is 5.91 Å². The number of piperazine rings is 1. The van der Waals surface area contributed by atoms with Crippen LogP contribution in [0.2, 0.25) is 0 Å². The van der Waals surface area contributed by atoms with Gasteiger partial charge in [-0.3, -0.25) is 24.8 Å². The second-order valence-corrected chi connectivity index (χ2v) is 6.23. The summed E-state index contributed by atoms with van der Waals surface area (Å²) in [6, 6.07) is 10.4. The molecule has 1 aromatic carbocycles. The number of rotatable bonds is 6. The van der Waals surface area contributed by atoms with Gasteiger partial charge in [0.1, 0.15) is 5.69 Å². The molecule has 136 valence electrons. The predicted molar refractivity (Wildman–Crippen MR) is 98.2 cm³/mol. The topological polar surface area (TPSA) is 106 Å². The first-order valence-corrected chi connectivity index (χ1v) is 8.50. The van der Waals surface area contributed by atoms with Crippen molar-refractivity contribution >= 4 is 17.3 Å². The summed E-state index contributed by atoms with van der Waals surface area (Å²) in [6.07, 6.45) is 2.28. The highest BCUT2D eigenvalue weighted by molar-refractivity contribution is 5.92. The number of nitrogens with two attached hydrogens (primary N) is 1. The fourth-order valence-corrected chi connectivity index (χ4v) is 3.17. The average molecular weight is 355 g/mol. The van der Waals surface area contributed by atoms with Crippen molar-refractivity contribution < 1.29 is 9.72 Å². The molecule has 2 N–H and O–H groups in total. The van der Waals surface area contributed by atoms with Crippen molar-refractivity contribution in [1.29, 1.82) is 0 Å². The largest absolute Gasteiger partial charge is 0.369 e. The Hall–Kier alpha value is -3.00. The van der Waals surface area contributed by atoms with E-state index in [0.29, 0.717) is 12.1 Å². The van der Waals surface area contributed by atoms with Gasteiger partial charge in [-0.15, -0.1) is 0 Å². The van der Waals surface area contributed by atoms with Crippen LogP contribution in [0.5, 0.6) is 0 Å². The molecule has 0 radical (unpaired) electrons. The summed E-state index contributed by atoms with van der Waals surface area (Å²) in [4.78, 5) is 30.5. The minimum atomic E-state index is -0.504. The van der Waals surface area contributed by atoms with Gasteiger partial charge >= 0.3 is 0 Å². The van der Waals surface area contributed by atoms with Crippen LogP contribution in [0.1, 0.15) is 16.1 Å². The Morgan fingerprint density at radius 2 is 1.96 bits per heavy atom. The van der Waals surface area contributed by atoms with Gasteiger partial charge in [0.2, 0.25) is 0 Å². The minimum absolute atomic E-state index is 0.112. The van der Waals surface area contributed by atoms with E-state index in [0.717, 1.165) is 44.0 Å². The number of benzene rings is 1. The van der Waals surface area contributed by atoms with E-state index >= 15 is 0 Å². The van der Waals surface area contributed by atoms with Gasteiger partial charge in [-0.05, 0) is 24.1 Å². The first kappa shape index (κ1) is 17.8. The second-order valence-electron chi connectivity index (χ2n) is 6.23. The monoisotopic (exact) mass is 355 g/mol. The van der Waals surface area contributed by atoms with Gasteiger partial charge in [-0.1, -0.05) is 12.1 Å². The molecule has 26 heavy (non-hydrogen) atoms. The first-order chi connectivity index (χ1) is 12.5. The number of nitro benzene ring substituents is 1. The lowest BCUT2D eigenvalue weighted by Gasteiger charge is -2.36. The number of nitrogens with zero attached hydrogens (tertiary/aromatic N) is 4. The molecule has 0 saturated carbocycles. The molecule has 3 rings (SSSR count). The lowest BCUT2D eigenvalue weighted by molar-refractivity contribution is -0.384. The van der Waals surface area contributed by atoms with Crippen molar-refractivity contribution in [3.05, 3.63) is 64.0 Å². The summed E-state index contributed by atoms with van der Waals surface area (Å²) >= 11 is 0. The van der Waals surface area contributed by atoms with E-state index in [1.807, 2.05) is 18.2 Å². The number of anilines is 1. The number of aromatic nitrogens is 1. The molecule has 0 atom stereocenters. The molecule has 1 aliphatic rings. The number of carbonyl (C=O) groups excluding carboxylic acids is 1. The van der Waals surface area contributed by atoms with Crippen LogP contribution in [0, 0.1) is 10.1 Å². The summed E-state index contributed by atoms with van der Waals surface area (Å²) in [7, 11) is 0. The maximum absolute atomic E-state index is 11.4. The van der Waals surface area contributed by atoms with E-state index in [-0.39, 0.29) is 10.6 Å². The highest BCUT2D eigenvalue weighted by atomic mass is 16.6. The fourth-order valence-electron chi connectivity index (χ4n) is 3.17. The third-order valence-corrected chi connectivity index (χ3v) is 4.60. The van der Waals surface area contributed by atoms with Gasteiger partial charge in [0.15, 0.2) is 0 Å². The van der Waals surface area contributed by atoms with Gasteiger partial charge in [0.05, 0.1) is 4.92 Å². The number of hydrogen-bond donors (Lipinski definition) is 1. The van der Waals surface area contributed by atoms with Crippen molar-refractivity contribution in [2.24, 2.45) is 5.73 Å². The molecule has 1 aromatic heterocycles. The Bertz CT molecular complexity index is 803. The Morgan fingerprint density at radius 1 is 1.19 bits per heavy atom. The van der Waals surface area contributed by atoms with Crippen LogP contribution in [0.4, 0.5) is 11.4 Å². The number of hydrogen-bond acceptors (Lipinski definition) is 6. The molecular formula is C18H21N5O3. The molecule has 1 aliphatic heterocycles. The molecule has 2 heterocycles. The van der Waals surface area contributed by atoms with Gasteiger partial charge in [-0.25, -0.2) is 0 Å². The maximum Gasteiger partial charge on any atom is 0.271 e. The van der Waals surface area contributed by atoms with Crippen LogP contribution in [-0.4, -0.2) is 53.4 Å². The van der Waals surface area contributed by atoms with E-state index in [1.165, 1.54) is 6.07 Å². The van der Waals surface area contributed by atoms with Crippen LogP contribution in [0.15, 0.2) is 42.6 Å². The summed E-state index contributed by atoms with van der Waals surface area (Å²) in [5.74, 6) is -0.504. The highest BCUT2D eigenvalue weighted by Crippen LogP contribution is 2.22. The average Bonchev–Trinajstić information content (AvgIpc) is 2.67. The van der Waals surface area contributed by atoms with Crippen molar-refractivity contribution in [2.45, 2.75) is 6.42 Å². The van der Waals surface area contributed by atoms with Gasteiger partial charge in [-0.2, -0.15) is 0 Å². The minimum Gasteiger partial charge on any atom is -0.369 e. The fraction of sp³-hybridized carbons (Fsp3) is 0.333. The quantitative estimate of drug-likeness (QED) is 0.621. The highest BCUT2D eigenvalue weighted by Gasteiger charge is 2.19. The van der Waals surface area contributed by atoms with Crippen LogP contribution in [0.25, 0.3) is 0 Å². The van der Waals surface area contributed by atoms with Crippen molar-refractivity contribution in [3.63, 3.8) is 0 Å². The summed E-state index contributed by atoms with van der Waals surface area (Å²) in [5.41, 5.74) is 7.56. The van der Waals surface area contributed by atoms with Crippen LogP contribution < -0.4 is 10.6 Å². The molecule has 0 unspecified atom stereocenters. The van der Waals surface area contributed by atoms with Crippen LogP contribution in [0.3, 0.4) is 0 Å². The Kier molecular flexibility index (Phi) is 5.43. The van der Waals surface area contributed by atoms with Crippen molar-refractivity contribution in [3.8, 4) is 0 Å². The van der Waals surface area contributed by atoms with Crippen LogP contribution >= 0.6 is 0 Å². The molecule has 8 nitrogen and oxygen atoms in total. The number of nitro groups is 1. The summed E-state index contributed by atoms with van der Waals surface area (Å²) in [6.45, 7) is 4.13. The van der Waals surface area contributed by atoms with Crippen LogP contribution in [-0.2, 0) is 6.42 Å². The summed E-state index contributed by atoms with van der Waals surface area (Å²) < 4.78 is 0. The molecule has 2 aromatic rings. The number of pyridine rings is 1. The summed E-state index contributed by atoms with van der Waals surface area (Å²) in [5, 5.41) is 10.9. The third-order valence-electron chi connectivity index (χ3n) is 4.60. The van der Waals surface area contributed by atoms with Gasteiger partial charge in [0.25, 0.3) is 11.6 Å². The molecule has 8 heteroatoms. The first-order valence-electron chi connectivity index (χ1n) is 8.50. The van der Waals surface area contributed by atoms with Gasteiger partial charge in [0, 0.05) is 56.7 Å². The maximum atomic E-state index is 11.4. The lowest BCUT2D eigenvalue weighted by atomic mass is 10.1. The van der Waals surface area contributed by atoms with E-state index in [4.69, 9.17) is 5.73 Å². The molecule has 0 aliphatic carbocycles. The standard InChI is InChI=1S/C18H21N5O3/c19-18(24)17-14(3-2-7-20-17)6-8-21-9-11-22(12-10-21)15-4-1-5-16(13-15)23(25)26/h1-5,7,13H,6,8-12H2,(H2,19,24). The molecule has 0 bridgehead atoms. The molecule has 1 fully saturated rings. The molecule has 0 spiro atoms. The molecule has 1 saturated heterocycles. The van der Waals surface area contributed by atoms with Gasteiger partial charge < -0.3 is 10.6 Å². The molecular weight excluding hydrogens is 334 g/mol. The third kappa shape index (κ3) is 4.15. The van der Waals surface area contributed by atoms with Crippen molar-refractivity contribution in [2.75, 3.05) is 37.6 Å². The SMILES string of the molecule is NC(=O)c1ncccc1CCN1CCN(c2cccc([N+](=O)[O-])c2)CC1. The smallest absolute Gasteiger partial charge is 0.271 e. The zero-order chi connectivity index (χ0) is 18.5. The number of primary amides is 1. The van der Waals surface area contributed by atoms with E-state index in [1.54, 1.807) is 18.3 Å². The van der Waals surface area contributed by atoms with E-state index in [2.05, 4.69) is 14.8 Å². The Labute approximate surface area is 151 Å². The molecule has 1 amide bonds. The number of amides is 1. The number of carbonyl (C=O) groups is 1. The Morgan fingerprint density at radius 3 is 2.65 bits per heavy atom.